The number of halogens is 1. The van der Waals surface area contributed by atoms with Crippen molar-refractivity contribution in [1.29, 1.82) is 0 Å². The van der Waals surface area contributed by atoms with Gasteiger partial charge < -0.3 is 11.1 Å². The molecule has 5 heteroatoms. The normalized spacial score (nSPS) is 10.4. The monoisotopic (exact) mass is 306 g/mol. The Labute approximate surface area is 115 Å². The molecule has 0 bridgehead atoms. The third-order valence-corrected chi connectivity index (χ3v) is 3.10. The Bertz CT molecular complexity index is 549. The zero-order chi connectivity index (χ0) is 13.1. The summed E-state index contributed by atoms with van der Waals surface area (Å²) in [7, 11) is 0. The maximum Gasteiger partial charge on any atom is 0.230 e. The van der Waals surface area contributed by atoms with Crippen LogP contribution in [-0.4, -0.2) is 9.97 Å². The molecule has 0 saturated heterocycles. The fourth-order valence-electron chi connectivity index (χ4n) is 1.80. The van der Waals surface area contributed by atoms with Gasteiger partial charge in [-0.25, -0.2) is 4.98 Å². The van der Waals surface area contributed by atoms with Crippen molar-refractivity contribution < 1.29 is 0 Å². The van der Waals surface area contributed by atoms with Crippen LogP contribution in [0.15, 0.2) is 28.9 Å². The van der Waals surface area contributed by atoms with Crippen molar-refractivity contribution in [2.75, 3.05) is 11.1 Å². The van der Waals surface area contributed by atoms with Gasteiger partial charge >= 0.3 is 0 Å². The van der Waals surface area contributed by atoms with E-state index < -0.39 is 0 Å². The van der Waals surface area contributed by atoms with E-state index in [1.807, 2.05) is 0 Å². The molecule has 4 nitrogen and oxygen atoms in total. The summed E-state index contributed by atoms with van der Waals surface area (Å²) in [6, 6.07) is 7.87. The van der Waals surface area contributed by atoms with Crippen molar-refractivity contribution >= 4 is 33.4 Å². The molecule has 0 unspecified atom stereocenters. The number of nitrogen functional groups attached to an aromatic ring is 1. The molecular formula is C13H15BrN4. The van der Waals surface area contributed by atoms with E-state index in [1.54, 1.807) is 6.07 Å². The average molecular weight is 307 g/mol. The molecule has 0 radical (unpaired) electrons. The van der Waals surface area contributed by atoms with Crippen molar-refractivity contribution in [2.45, 2.75) is 20.3 Å². The van der Waals surface area contributed by atoms with Crippen molar-refractivity contribution in [3.05, 3.63) is 40.0 Å². The van der Waals surface area contributed by atoms with Crippen molar-refractivity contribution in [2.24, 2.45) is 0 Å². The Morgan fingerprint density at radius 1 is 1.33 bits per heavy atom. The zero-order valence-corrected chi connectivity index (χ0v) is 12.0. The Kier molecular flexibility index (Phi) is 3.81. The van der Waals surface area contributed by atoms with Crippen LogP contribution in [0, 0.1) is 6.92 Å². The lowest BCUT2D eigenvalue weighted by Gasteiger charge is -2.13. The summed E-state index contributed by atoms with van der Waals surface area (Å²) in [5, 5.41) is 3.24. The first kappa shape index (κ1) is 12.8. The molecule has 0 spiro atoms. The second kappa shape index (κ2) is 5.35. The second-order valence-corrected chi connectivity index (χ2v) is 4.84. The molecule has 0 amide bonds. The van der Waals surface area contributed by atoms with Gasteiger partial charge in [0.25, 0.3) is 0 Å². The van der Waals surface area contributed by atoms with Gasteiger partial charge in [0.2, 0.25) is 5.95 Å². The Balaban J connectivity index is 2.39. The number of aromatic nitrogens is 2. The molecule has 94 valence electrons. The number of aryl methyl sites for hydroxylation is 2. The van der Waals surface area contributed by atoms with Crippen LogP contribution in [0.3, 0.4) is 0 Å². The van der Waals surface area contributed by atoms with Crippen molar-refractivity contribution in [3.8, 4) is 0 Å². The number of rotatable bonds is 3. The molecular weight excluding hydrogens is 292 g/mol. The minimum Gasteiger partial charge on any atom is -0.383 e. The zero-order valence-electron chi connectivity index (χ0n) is 10.4. The number of hydrogen-bond donors (Lipinski definition) is 2. The molecule has 0 fully saturated rings. The van der Waals surface area contributed by atoms with Crippen molar-refractivity contribution in [3.63, 3.8) is 0 Å². The lowest BCUT2D eigenvalue weighted by atomic mass is 10.1. The minimum atomic E-state index is 0.436. The predicted octanol–water partition coefficient (Wildman–Crippen LogP) is 3.44. The van der Waals surface area contributed by atoms with Gasteiger partial charge in [-0.15, -0.1) is 0 Å². The molecule has 2 aromatic rings. The molecule has 0 saturated carbocycles. The Morgan fingerprint density at radius 2 is 2.11 bits per heavy atom. The van der Waals surface area contributed by atoms with Gasteiger partial charge in [-0.1, -0.05) is 25.1 Å². The number of nitrogens with two attached hydrogens (primary N) is 1. The number of anilines is 3. The molecule has 0 aliphatic rings. The van der Waals surface area contributed by atoms with Gasteiger partial charge in [0.1, 0.15) is 10.4 Å². The number of benzene rings is 1. The summed E-state index contributed by atoms with van der Waals surface area (Å²) in [5.74, 6) is 0.942. The van der Waals surface area contributed by atoms with Gasteiger partial charge in [-0.2, -0.15) is 4.98 Å². The summed E-state index contributed by atoms with van der Waals surface area (Å²) in [6.07, 6.45) is 0.952. The highest BCUT2D eigenvalue weighted by Gasteiger charge is 2.07. The van der Waals surface area contributed by atoms with E-state index in [2.05, 4.69) is 63.3 Å². The van der Waals surface area contributed by atoms with E-state index in [1.165, 1.54) is 5.56 Å². The summed E-state index contributed by atoms with van der Waals surface area (Å²) in [5.41, 5.74) is 9.15. The van der Waals surface area contributed by atoms with Crippen LogP contribution in [0.1, 0.15) is 18.1 Å². The number of para-hydroxylation sites is 1. The van der Waals surface area contributed by atoms with Gasteiger partial charge in [-0.05, 0) is 40.4 Å². The Hall–Kier alpha value is -1.62. The topological polar surface area (TPSA) is 63.8 Å². The molecule has 0 aliphatic heterocycles. The lowest BCUT2D eigenvalue weighted by Crippen LogP contribution is -2.03. The van der Waals surface area contributed by atoms with Gasteiger partial charge in [0.15, 0.2) is 0 Å². The maximum absolute atomic E-state index is 5.70. The molecule has 0 atom stereocenters. The number of nitrogens with zero attached hydrogens (tertiary/aromatic N) is 2. The van der Waals surface area contributed by atoms with E-state index in [9.17, 15) is 0 Å². The highest BCUT2D eigenvalue weighted by Crippen LogP contribution is 2.24. The first-order chi connectivity index (χ1) is 8.60. The molecule has 3 N–H and O–H groups in total. The highest BCUT2D eigenvalue weighted by atomic mass is 79.9. The lowest BCUT2D eigenvalue weighted by molar-refractivity contribution is 1.10. The second-order valence-electron chi connectivity index (χ2n) is 4.03. The number of nitrogens with one attached hydrogen (secondary N) is 1. The molecule has 1 aromatic heterocycles. The summed E-state index contributed by atoms with van der Waals surface area (Å²) < 4.78 is 0.670. The standard InChI is InChI=1S/C13H15BrN4/c1-3-9-6-4-5-8(2)12(9)18-13-16-10(14)7-11(15)17-13/h4-7H,3H2,1-2H3,(H3,15,16,17,18). The van der Waals surface area contributed by atoms with E-state index in [-0.39, 0.29) is 0 Å². The SMILES string of the molecule is CCc1cccc(C)c1Nc1nc(N)cc(Br)n1. The van der Waals surface area contributed by atoms with E-state index in [0.717, 1.165) is 17.7 Å². The van der Waals surface area contributed by atoms with E-state index in [4.69, 9.17) is 5.73 Å². The minimum absolute atomic E-state index is 0.436. The number of hydrogen-bond acceptors (Lipinski definition) is 4. The quantitative estimate of drug-likeness (QED) is 0.853. The van der Waals surface area contributed by atoms with Crippen molar-refractivity contribution in [1.82, 2.24) is 9.97 Å². The van der Waals surface area contributed by atoms with Gasteiger partial charge in [0.05, 0.1) is 0 Å². The van der Waals surface area contributed by atoms with Crippen LogP contribution in [-0.2, 0) is 6.42 Å². The fourth-order valence-corrected chi connectivity index (χ4v) is 2.21. The molecule has 1 heterocycles. The molecule has 1 aromatic carbocycles. The van der Waals surface area contributed by atoms with Gasteiger partial charge in [0, 0.05) is 11.8 Å². The molecule has 18 heavy (non-hydrogen) atoms. The van der Waals surface area contributed by atoms with Crippen LogP contribution in [0.4, 0.5) is 17.5 Å². The first-order valence-corrected chi connectivity index (χ1v) is 6.55. The third kappa shape index (κ3) is 2.79. The van der Waals surface area contributed by atoms with Crippen LogP contribution < -0.4 is 11.1 Å². The predicted molar refractivity (Wildman–Crippen MR) is 78.0 cm³/mol. The molecule has 2 rings (SSSR count). The summed E-state index contributed by atoms with van der Waals surface area (Å²) in [4.78, 5) is 8.43. The fraction of sp³-hybridized carbons (Fsp3) is 0.231. The molecule has 0 aliphatic carbocycles. The van der Waals surface area contributed by atoms with Gasteiger partial charge in [-0.3, -0.25) is 0 Å². The van der Waals surface area contributed by atoms with Crippen LogP contribution in [0.25, 0.3) is 0 Å². The highest BCUT2D eigenvalue weighted by molar-refractivity contribution is 9.10. The summed E-state index contributed by atoms with van der Waals surface area (Å²) in [6.45, 7) is 4.18. The Morgan fingerprint density at radius 3 is 2.78 bits per heavy atom. The first-order valence-electron chi connectivity index (χ1n) is 5.75. The third-order valence-electron chi connectivity index (χ3n) is 2.69. The largest absolute Gasteiger partial charge is 0.383 e. The summed E-state index contributed by atoms with van der Waals surface area (Å²) >= 11 is 3.31. The maximum atomic E-state index is 5.70. The van der Waals surface area contributed by atoms with E-state index in [0.29, 0.717) is 16.4 Å². The van der Waals surface area contributed by atoms with Crippen LogP contribution >= 0.6 is 15.9 Å². The van der Waals surface area contributed by atoms with Crippen LogP contribution in [0.5, 0.6) is 0 Å². The average Bonchev–Trinajstić information content (AvgIpc) is 2.30. The smallest absolute Gasteiger partial charge is 0.230 e. The van der Waals surface area contributed by atoms with Crippen LogP contribution in [0.2, 0.25) is 0 Å². The van der Waals surface area contributed by atoms with E-state index >= 15 is 0 Å².